The fourth-order valence-electron chi connectivity index (χ4n) is 3.77. The molecule has 3 aromatic rings. The number of hydrogen-bond acceptors (Lipinski definition) is 6. The molecule has 0 amide bonds. The molecule has 0 radical (unpaired) electrons. The quantitative estimate of drug-likeness (QED) is 0.241. The van der Waals surface area contributed by atoms with Crippen LogP contribution in [-0.2, 0) is 4.74 Å². The van der Waals surface area contributed by atoms with Gasteiger partial charge in [0.05, 0.1) is 16.7 Å². The van der Waals surface area contributed by atoms with Crippen LogP contribution in [0.2, 0.25) is 0 Å². The summed E-state index contributed by atoms with van der Waals surface area (Å²) in [6.45, 7) is 1.32. The summed E-state index contributed by atoms with van der Waals surface area (Å²) in [5.74, 6) is 1.27. The van der Waals surface area contributed by atoms with Gasteiger partial charge in [-0.3, -0.25) is 15.1 Å². The number of pyridine rings is 1. The van der Waals surface area contributed by atoms with Gasteiger partial charge in [0.1, 0.15) is 17.6 Å². The Bertz CT molecular complexity index is 1070. The SMILES string of the molecule is COCCCN1C(=S)N[C@@H](c2ccccn2)[C@@H]1c1ccc(-c2cccc([N+](=O)[O-])c2)o1. The summed E-state index contributed by atoms with van der Waals surface area (Å²) >= 11 is 5.62. The van der Waals surface area contributed by atoms with E-state index in [0.717, 1.165) is 12.1 Å². The Morgan fingerprint density at radius 3 is 2.87 bits per heavy atom. The fraction of sp³-hybridized carbons (Fsp3) is 0.273. The minimum absolute atomic E-state index is 0.0201. The molecule has 4 rings (SSSR count). The van der Waals surface area contributed by atoms with Gasteiger partial charge in [-0.1, -0.05) is 18.2 Å². The van der Waals surface area contributed by atoms with Gasteiger partial charge in [0.25, 0.3) is 5.69 Å². The van der Waals surface area contributed by atoms with Crippen LogP contribution in [0.5, 0.6) is 0 Å². The van der Waals surface area contributed by atoms with Crippen molar-refractivity contribution in [2.45, 2.75) is 18.5 Å². The van der Waals surface area contributed by atoms with E-state index in [-0.39, 0.29) is 17.8 Å². The van der Waals surface area contributed by atoms with E-state index in [9.17, 15) is 10.1 Å². The molecule has 1 aliphatic heterocycles. The summed E-state index contributed by atoms with van der Waals surface area (Å²) in [4.78, 5) is 17.3. The number of nitro groups is 1. The van der Waals surface area contributed by atoms with Crippen LogP contribution in [0.15, 0.2) is 65.2 Å². The van der Waals surface area contributed by atoms with E-state index in [1.165, 1.54) is 12.1 Å². The van der Waals surface area contributed by atoms with Crippen LogP contribution >= 0.6 is 12.2 Å². The van der Waals surface area contributed by atoms with Crippen molar-refractivity contribution in [3.8, 4) is 11.3 Å². The molecule has 3 heterocycles. The third kappa shape index (κ3) is 4.42. The van der Waals surface area contributed by atoms with Crippen LogP contribution in [0.1, 0.15) is 30.0 Å². The Hall–Kier alpha value is -3.30. The van der Waals surface area contributed by atoms with Crippen molar-refractivity contribution in [1.29, 1.82) is 0 Å². The molecule has 1 saturated heterocycles. The molecule has 0 aliphatic carbocycles. The molecule has 1 fully saturated rings. The molecule has 1 N–H and O–H groups in total. The van der Waals surface area contributed by atoms with Crippen molar-refractivity contribution in [2.75, 3.05) is 20.3 Å². The van der Waals surface area contributed by atoms with Gasteiger partial charge < -0.3 is 19.4 Å². The predicted octanol–water partition coefficient (Wildman–Crippen LogP) is 4.26. The van der Waals surface area contributed by atoms with E-state index in [0.29, 0.717) is 35.3 Å². The maximum Gasteiger partial charge on any atom is 0.270 e. The lowest BCUT2D eigenvalue weighted by molar-refractivity contribution is -0.384. The van der Waals surface area contributed by atoms with Gasteiger partial charge in [-0.25, -0.2) is 0 Å². The highest BCUT2D eigenvalue weighted by molar-refractivity contribution is 7.80. The Balaban J connectivity index is 1.68. The van der Waals surface area contributed by atoms with Crippen molar-refractivity contribution in [3.05, 3.63) is 82.4 Å². The molecule has 1 aromatic carbocycles. The van der Waals surface area contributed by atoms with Crippen molar-refractivity contribution < 1.29 is 14.1 Å². The number of hydrogen-bond donors (Lipinski definition) is 1. The summed E-state index contributed by atoms with van der Waals surface area (Å²) in [6, 6.07) is 15.5. The molecule has 2 atom stereocenters. The van der Waals surface area contributed by atoms with Gasteiger partial charge >= 0.3 is 0 Å². The van der Waals surface area contributed by atoms with Crippen molar-refractivity contribution in [3.63, 3.8) is 0 Å². The topological polar surface area (TPSA) is 93.7 Å². The van der Waals surface area contributed by atoms with Crippen molar-refractivity contribution in [1.82, 2.24) is 15.2 Å². The first-order chi connectivity index (χ1) is 15.1. The minimum Gasteiger partial charge on any atom is -0.459 e. The monoisotopic (exact) mass is 438 g/mol. The molecular formula is C22H22N4O4S. The normalized spacial score (nSPS) is 18.2. The Labute approximate surface area is 185 Å². The number of methoxy groups -OCH3 is 1. The third-order valence-electron chi connectivity index (χ3n) is 5.21. The molecule has 0 spiro atoms. The van der Waals surface area contributed by atoms with Crippen LogP contribution < -0.4 is 5.32 Å². The summed E-state index contributed by atoms with van der Waals surface area (Å²) < 4.78 is 11.4. The highest BCUT2D eigenvalue weighted by atomic mass is 32.1. The van der Waals surface area contributed by atoms with Crippen LogP contribution in [0, 0.1) is 10.1 Å². The molecule has 0 saturated carbocycles. The molecule has 1 aliphatic rings. The van der Waals surface area contributed by atoms with Crippen LogP contribution in [0.4, 0.5) is 5.69 Å². The molecule has 2 aromatic heterocycles. The minimum atomic E-state index is -0.415. The van der Waals surface area contributed by atoms with E-state index in [4.69, 9.17) is 21.4 Å². The molecule has 0 unspecified atom stereocenters. The highest BCUT2D eigenvalue weighted by Gasteiger charge is 2.41. The fourth-order valence-corrected chi connectivity index (χ4v) is 4.11. The zero-order valence-corrected chi connectivity index (χ0v) is 17.7. The van der Waals surface area contributed by atoms with Gasteiger partial charge in [0.15, 0.2) is 5.11 Å². The second kappa shape index (κ2) is 9.23. The molecular weight excluding hydrogens is 416 g/mol. The van der Waals surface area contributed by atoms with E-state index >= 15 is 0 Å². The smallest absolute Gasteiger partial charge is 0.270 e. The largest absolute Gasteiger partial charge is 0.459 e. The van der Waals surface area contributed by atoms with Crippen molar-refractivity contribution >= 4 is 23.0 Å². The summed E-state index contributed by atoms with van der Waals surface area (Å²) in [5, 5.41) is 15.1. The number of nitrogens with one attached hydrogen (secondary N) is 1. The van der Waals surface area contributed by atoms with Crippen LogP contribution in [0.25, 0.3) is 11.3 Å². The van der Waals surface area contributed by atoms with Gasteiger partial charge in [-0.05, 0) is 42.9 Å². The summed E-state index contributed by atoms with van der Waals surface area (Å²) in [7, 11) is 1.67. The van der Waals surface area contributed by atoms with E-state index in [1.54, 1.807) is 25.4 Å². The lowest BCUT2D eigenvalue weighted by Crippen LogP contribution is -2.31. The van der Waals surface area contributed by atoms with Gasteiger partial charge in [-0.15, -0.1) is 0 Å². The Kier molecular flexibility index (Phi) is 6.24. The number of nitro benzene ring substituents is 1. The number of thiocarbonyl (C=S) groups is 1. The van der Waals surface area contributed by atoms with E-state index in [1.807, 2.05) is 30.3 Å². The van der Waals surface area contributed by atoms with Gasteiger partial charge in [0.2, 0.25) is 0 Å². The lowest BCUT2D eigenvalue weighted by atomic mass is 10.0. The summed E-state index contributed by atoms with van der Waals surface area (Å²) in [5.41, 5.74) is 1.53. The number of aromatic nitrogens is 1. The maximum atomic E-state index is 11.1. The maximum absolute atomic E-state index is 11.1. The van der Waals surface area contributed by atoms with Gasteiger partial charge in [0, 0.05) is 44.2 Å². The zero-order chi connectivity index (χ0) is 21.8. The summed E-state index contributed by atoms with van der Waals surface area (Å²) in [6.07, 6.45) is 2.56. The van der Waals surface area contributed by atoms with E-state index < -0.39 is 4.92 Å². The molecule has 0 bridgehead atoms. The molecule has 31 heavy (non-hydrogen) atoms. The number of furan rings is 1. The first-order valence-electron chi connectivity index (χ1n) is 9.90. The first-order valence-corrected chi connectivity index (χ1v) is 10.3. The lowest BCUT2D eigenvalue weighted by Gasteiger charge is -2.25. The highest BCUT2D eigenvalue weighted by Crippen LogP contribution is 2.40. The average Bonchev–Trinajstić information content (AvgIpc) is 3.39. The Morgan fingerprint density at radius 2 is 2.13 bits per heavy atom. The van der Waals surface area contributed by atoms with Crippen LogP contribution in [0.3, 0.4) is 0 Å². The number of rotatable bonds is 8. The number of nitrogens with zero attached hydrogens (tertiary/aromatic N) is 3. The number of non-ortho nitro benzene ring substituents is 1. The van der Waals surface area contributed by atoms with Crippen LogP contribution in [-0.4, -0.2) is 40.2 Å². The predicted molar refractivity (Wildman–Crippen MR) is 119 cm³/mol. The second-order valence-corrected chi connectivity index (χ2v) is 7.56. The van der Waals surface area contributed by atoms with Crippen molar-refractivity contribution in [2.24, 2.45) is 0 Å². The standard InChI is InChI=1S/C22H22N4O4S/c1-29-13-5-12-25-21(20(24-22(25)31)17-8-2-3-11-23-17)19-10-9-18(30-19)15-6-4-7-16(14-15)26(27)28/h2-4,6-11,14,20-21H,5,12-13H2,1H3,(H,24,31)/t20-,21-/m0/s1. The van der Waals surface area contributed by atoms with E-state index in [2.05, 4.69) is 15.2 Å². The third-order valence-corrected chi connectivity index (χ3v) is 5.56. The molecule has 160 valence electrons. The Morgan fingerprint density at radius 1 is 1.26 bits per heavy atom. The molecule has 8 nitrogen and oxygen atoms in total. The number of benzene rings is 1. The average molecular weight is 439 g/mol. The first kappa shape index (κ1) is 21.0. The second-order valence-electron chi connectivity index (χ2n) is 7.18. The number of ether oxygens (including phenoxy) is 1. The van der Waals surface area contributed by atoms with Gasteiger partial charge in [-0.2, -0.15) is 0 Å². The molecule has 9 heteroatoms. The zero-order valence-electron chi connectivity index (χ0n) is 16.9.